The average Bonchev–Trinajstić information content (AvgIpc) is 2.97. The Morgan fingerprint density at radius 3 is 1.77 bits per heavy atom. The Bertz CT molecular complexity index is 1150. The molecule has 1 heteroatoms. The number of benzene rings is 3. The molecule has 0 saturated carbocycles. The Morgan fingerprint density at radius 1 is 0.667 bits per heavy atom. The van der Waals surface area contributed by atoms with E-state index >= 15 is 0 Å². The summed E-state index contributed by atoms with van der Waals surface area (Å²) in [4.78, 5) is 0. The minimum absolute atomic E-state index is 0.530. The first kappa shape index (κ1) is 20.6. The molecule has 0 amide bonds. The van der Waals surface area contributed by atoms with E-state index in [9.17, 15) is 0 Å². The van der Waals surface area contributed by atoms with Crippen LogP contribution in [0.25, 0.3) is 22.3 Å². The summed E-state index contributed by atoms with van der Waals surface area (Å²) in [6.45, 7) is 13.4. The lowest BCUT2D eigenvalue weighted by molar-refractivity contribution is 1.22. The summed E-state index contributed by atoms with van der Waals surface area (Å²) in [6, 6.07) is 20.9. The predicted molar refractivity (Wildman–Crippen MR) is 136 cm³/mol. The lowest BCUT2D eigenvalue weighted by Crippen LogP contribution is -2.20. The van der Waals surface area contributed by atoms with E-state index in [-0.39, 0.29) is 0 Å². The minimum Gasteiger partial charge on any atom is -0.0758 e. The highest BCUT2D eigenvalue weighted by atomic mass is 28.2. The summed E-state index contributed by atoms with van der Waals surface area (Å²) in [6.07, 6.45) is 3.55. The number of hydrogen-bond acceptors (Lipinski definition) is 0. The van der Waals surface area contributed by atoms with E-state index in [0.29, 0.717) is 0 Å². The molecule has 1 aliphatic rings. The molecule has 0 heterocycles. The zero-order valence-electron chi connectivity index (χ0n) is 19.2. The average molecular weight is 409 g/mol. The van der Waals surface area contributed by atoms with Gasteiger partial charge in [0.15, 0.2) is 0 Å². The standard InChI is InChI=1S/C29H32Si/c1-18-10-19(2)14-24(13-18)26-8-7-9-27(30-28-17-22(5)12-23(28)6)29(26)25-15-20(3)11-21(4)16-25/h7-16H,17,30H2,1-6H3. The summed E-state index contributed by atoms with van der Waals surface area (Å²) < 4.78 is 0. The first-order valence-electron chi connectivity index (χ1n) is 10.9. The lowest BCUT2D eigenvalue weighted by atomic mass is 9.91. The van der Waals surface area contributed by atoms with Crippen LogP contribution in [0.2, 0.25) is 0 Å². The molecule has 0 nitrogen and oxygen atoms in total. The molecule has 3 aromatic carbocycles. The van der Waals surface area contributed by atoms with Crippen molar-refractivity contribution in [2.24, 2.45) is 0 Å². The van der Waals surface area contributed by atoms with Crippen LogP contribution >= 0.6 is 0 Å². The summed E-state index contributed by atoms with van der Waals surface area (Å²) in [7, 11) is -0.530. The van der Waals surface area contributed by atoms with Crippen molar-refractivity contribution in [1.29, 1.82) is 0 Å². The Kier molecular flexibility index (Phi) is 5.66. The maximum atomic E-state index is 2.39. The second-order valence-electron chi connectivity index (χ2n) is 9.22. The van der Waals surface area contributed by atoms with Crippen LogP contribution in [0.5, 0.6) is 0 Å². The zero-order valence-corrected chi connectivity index (χ0v) is 20.6. The number of hydrogen-bond donors (Lipinski definition) is 0. The molecular weight excluding hydrogens is 376 g/mol. The Balaban J connectivity index is 1.94. The molecule has 0 aliphatic heterocycles. The van der Waals surface area contributed by atoms with Gasteiger partial charge in [0.1, 0.15) is 0 Å². The van der Waals surface area contributed by atoms with Gasteiger partial charge in [-0.3, -0.25) is 0 Å². The Morgan fingerprint density at radius 2 is 1.23 bits per heavy atom. The van der Waals surface area contributed by atoms with Crippen molar-refractivity contribution >= 4 is 14.7 Å². The second-order valence-corrected chi connectivity index (χ2v) is 11.2. The second kappa shape index (κ2) is 8.24. The van der Waals surface area contributed by atoms with E-state index in [4.69, 9.17) is 0 Å². The van der Waals surface area contributed by atoms with Crippen LogP contribution in [0.1, 0.15) is 42.5 Å². The molecule has 0 fully saturated rings. The molecular formula is C29H32Si. The maximum Gasteiger partial charge on any atom is 0.0840 e. The molecule has 3 aromatic rings. The van der Waals surface area contributed by atoms with Gasteiger partial charge in [0.05, 0.1) is 9.52 Å². The minimum atomic E-state index is -0.530. The van der Waals surface area contributed by atoms with Crippen molar-refractivity contribution in [2.45, 2.75) is 48.0 Å². The molecule has 1 aliphatic carbocycles. The van der Waals surface area contributed by atoms with Crippen LogP contribution in [0.4, 0.5) is 0 Å². The number of allylic oxidation sites excluding steroid dienone is 4. The van der Waals surface area contributed by atoms with Gasteiger partial charge in [0.25, 0.3) is 0 Å². The van der Waals surface area contributed by atoms with Gasteiger partial charge in [-0.05, 0) is 70.2 Å². The van der Waals surface area contributed by atoms with Gasteiger partial charge in [-0.2, -0.15) is 0 Å². The third-order valence-electron chi connectivity index (χ3n) is 6.11. The van der Waals surface area contributed by atoms with Gasteiger partial charge in [0, 0.05) is 0 Å². The highest BCUT2D eigenvalue weighted by molar-refractivity contribution is 6.63. The van der Waals surface area contributed by atoms with E-state index in [0.717, 1.165) is 6.42 Å². The zero-order chi connectivity index (χ0) is 21.4. The van der Waals surface area contributed by atoms with Crippen molar-refractivity contribution in [3.8, 4) is 22.3 Å². The lowest BCUT2D eigenvalue weighted by Gasteiger charge is -2.18. The largest absolute Gasteiger partial charge is 0.0840 e. The van der Waals surface area contributed by atoms with E-state index in [1.807, 2.05) is 0 Å². The summed E-state index contributed by atoms with van der Waals surface area (Å²) >= 11 is 0. The SMILES string of the molecule is CC1=CC(C)=C([SiH2]c2cccc(-c3cc(C)cc(C)c3)c2-c2cc(C)cc(C)c2)C1. The molecule has 0 atom stereocenters. The van der Waals surface area contributed by atoms with Crippen molar-refractivity contribution in [3.05, 3.63) is 99.3 Å². The van der Waals surface area contributed by atoms with Crippen molar-refractivity contribution in [1.82, 2.24) is 0 Å². The van der Waals surface area contributed by atoms with Gasteiger partial charge in [-0.1, -0.05) is 104 Å². The highest BCUT2D eigenvalue weighted by Crippen LogP contribution is 2.34. The fourth-order valence-electron chi connectivity index (χ4n) is 5.01. The highest BCUT2D eigenvalue weighted by Gasteiger charge is 2.18. The van der Waals surface area contributed by atoms with E-state index in [2.05, 4.69) is 102 Å². The first-order valence-corrected chi connectivity index (χ1v) is 12.4. The smallest absolute Gasteiger partial charge is 0.0758 e. The van der Waals surface area contributed by atoms with Gasteiger partial charge in [-0.25, -0.2) is 0 Å². The van der Waals surface area contributed by atoms with Crippen LogP contribution < -0.4 is 5.19 Å². The summed E-state index contributed by atoms with van der Waals surface area (Å²) in [5.74, 6) is 0. The van der Waals surface area contributed by atoms with Crippen molar-refractivity contribution < 1.29 is 0 Å². The number of aryl methyl sites for hydroxylation is 4. The summed E-state index contributed by atoms with van der Waals surface area (Å²) in [5.41, 5.74) is 13.9. The molecule has 152 valence electrons. The van der Waals surface area contributed by atoms with E-state index in [1.54, 1.807) is 10.4 Å². The van der Waals surface area contributed by atoms with Crippen LogP contribution in [0.15, 0.2) is 77.0 Å². The van der Waals surface area contributed by atoms with Crippen LogP contribution in [0.3, 0.4) is 0 Å². The maximum absolute atomic E-state index is 2.39. The molecule has 30 heavy (non-hydrogen) atoms. The molecule has 0 aromatic heterocycles. The third kappa shape index (κ3) is 4.27. The Labute approximate surface area is 184 Å². The fourth-order valence-corrected chi connectivity index (χ4v) is 7.19. The topological polar surface area (TPSA) is 0 Å². The van der Waals surface area contributed by atoms with Gasteiger partial charge in [0.2, 0.25) is 0 Å². The molecule has 0 unspecified atom stereocenters. The van der Waals surface area contributed by atoms with E-state index in [1.165, 1.54) is 55.7 Å². The van der Waals surface area contributed by atoms with Gasteiger partial charge >= 0.3 is 0 Å². The first-order chi connectivity index (χ1) is 14.3. The van der Waals surface area contributed by atoms with Crippen LogP contribution in [-0.4, -0.2) is 9.52 Å². The number of rotatable bonds is 4. The van der Waals surface area contributed by atoms with E-state index < -0.39 is 9.52 Å². The van der Waals surface area contributed by atoms with Crippen molar-refractivity contribution in [3.63, 3.8) is 0 Å². The molecule has 0 saturated heterocycles. The molecule has 0 spiro atoms. The van der Waals surface area contributed by atoms with Gasteiger partial charge in [-0.15, -0.1) is 0 Å². The molecule has 4 rings (SSSR count). The Hall–Kier alpha value is -2.64. The molecule has 0 N–H and O–H groups in total. The van der Waals surface area contributed by atoms with Crippen LogP contribution in [-0.2, 0) is 0 Å². The van der Waals surface area contributed by atoms with Crippen LogP contribution in [0, 0.1) is 27.7 Å². The monoisotopic (exact) mass is 408 g/mol. The van der Waals surface area contributed by atoms with Gasteiger partial charge < -0.3 is 0 Å². The van der Waals surface area contributed by atoms with Crippen molar-refractivity contribution in [2.75, 3.05) is 0 Å². The fraction of sp³-hybridized carbons (Fsp3) is 0.241. The predicted octanol–water partition coefficient (Wildman–Crippen LogP) is 6.67. The third-order valence-corrected chi connectivity index (χ3v) is 8.32. The summed E-state index contributed by atoms with van der Waals surface area (Å²) in [5, 5.41) is 3.25. The normalized spacial score (nSPS) is 14.1. The molecule has 0 radical (unpaired) electrons. The molecule has 0 bridgehead atoms. The quantitative estimate of drug-likeness (QED) is 0.423.